The van der Waals surface area contributed by atoms with Crippen LogP contribution in [0, 0.1) is 0 Å². The van der Waals surface area contributed by atoms with Crippen molar-refractivity contribution in [2.24, 2.45) is 0 Å². The van der Waals surface area contributed by atoms with E-state index < -0.39 is 0 Å². The van der Waals surface area contributed by atoms with Crippen molar-refractivity contribution in [2.45, 2.75) is 0 Å². The van der Waals surface area contributed by atoms with Crippen LogP contribution in [-0.4, -0.2) is 6.54 Å². The monoisotopic (exact) mass is 417 g/mol. The highest BCUT2D eigenvalue weighted by molar-refractivity contribution is 5.86. The van der Waals surface area contributed by atoms with Crippen LogP contribution in [0.3, 0.4) is 0 Å². The fraction of sp³-hybridized carbons (Fsp3) is 0.0345. The predicted octanol–water partition coefficient (Wildman–Crippen LogP) is 7.34. The summed E-state index contributed by atoms with van der Waals surface area (Å²) in [4.78, 5) is 0. The molecule has 0 atom stereocenters. The van der Waals surface area contributed by atoms with Crippen molar-refractivity contribution in [2.75, 3.05) is 11.9 Å². The maximum Gasteiger partial charge on any atom is 0.170 e. The van der Waals surface area contributed by atoms with Gasteiger partial charge in [-0.1, -0.05) is 85.5 Å². The molecule has 0 unspecified atom stereocenters. The maximum atomic E-state index is 6.27. The average molecular weight is 418 g/mol. The highest BCUT2D eigenvalue weighted by atomic mass is 16.6. The summed E-state index contributed by atoms with van der Waals surface area (Å²) in [5, 5.41) is 5.67. The van der Waals surface area contributed by atoms with Crippen LogP contribution in [0.15, 0.2) is 127 Å². The van der Waals surface area contributed by atoms with E-state index >= 15 is 0 Å². The number of anilines is 1. The molecule has 1 N–H and O–H groups in total. The van der Waals surface area contributed by atoms with Gasteiger partial charge in [0.1, 0.15) is 0 Å². The summed E-state index contributed by atoms with van der Waals surface area (Å²) >= 11 is 0. The second-order valence-corrected chi connectivity index (χ2v) is 7.53. The lowest BCUT2D eigenvalue weighted by atomic mass is 10.1. The fourth-order valence-corrected chi connectivity index (χ4v) is 3.72. The smallest absolute Gasteiger partial charge is 0.170 e. The highest BCUT2D eigenvalue weighted by Gasteiger charge is 2.21. The van der Waals surface area contributed by atoms with Gasteiger partial charge in [-0.05, 0) is 52.2 Å². The summed E-state index contributed by atoms with van der Waals surface area (Å²) in [5.74, 6) is 2.82. The van der Waals surface area contributed by atoms with Gasteiger partial charge in [-0.15, -0.1) is 0 Å². The van der Waals surface area contributed by atoms with E-state index in [4.69, 9.17) is 9.47 Å². The minimum atomic E-state index is 0.494. The third-order valence-electron chi connectivity index (χ3n) is 5.37. The van der Waals surface area contributed by atoms with Crippen molar-refractivity contribution in [3.63, 3.8) is 0 Å². The molecule has 3 heteroatoms. The third kappa shape index (κ3) is 4.14. The second kappa shape index (κ2) is 8.86. The molecule has 32 heavy (non-hydrogen) atoms. The van der Waals surface area contributed by atoms with E-state index in [1.165, 1.54) is 11.1 Å². The van der Waals surface area contributed by atoms with Crippen LogP contribution in [-0.2, 0) is 0 Å². The van der Waals surface area contributed by atoms with Gasteiger partial charge in [0, 0.05) is 5.69 Å². The van der Waals surface area contributed by atoms with Crippen molar-refractivity contribution < 1.29 is 9.47 Å². The summed E-state index contributed by atoms with van der Waals surface area (Å²) in [5.41, 5.74) is 3.40. The molecule has 4 aromatic rings. The van der Waals surface area contributed by atoms with Crippen molar-refractivity contribution >= 4 is 16.5 Å². The predicted molar refractivity (Wildman–Crippen MR) is 132 cm³/mol. The standard InChI is InChI=1S/C29H23NO2/c1-2-3-13-26-29(32-28-19-24-12-8-7-11-23(24)18-27(28)31-26)20-30-25-16-14-22(15-17-25)21-9-5-4-6-10-21/h2-19,30H,1,20H2/b13-3-. The topological polar surface area (TPSA) is 30.5 Å². The molecule has 3 nitrogen and oxygen atoms in total. The molecule has 4 aromatic carbocycles. The number of allylic oxidation sites excluding steroid dienone is 3. The van der Waals surface area contributed by atoms with Gasteiger partial charge in [0.05, 0.1) is 6.54 Å². The molecule has 0 spiro atoms. The summed E-state index contributed by atoms with van der Waals surface area (Å²) in [6.45, 7) is 4.25. The zero-order chi connectivity index (χ0) is 21.8. The zero-order valence-corrected chi connectivity index (χ0v) is 17.6. The maximum absolute atomic E-state index is 6.27. The SMILES string of the molecule is C=C/C=C\C1=C(CNc2ccc(-c3ccccc3)cc2)Oc2cc3ccccc3cc2O1. The van der Waals surface area contributed by atoms with E-state index in [0.29, 0.717) is 18.1 Å². The minimum Gasteiger partial charge on any atom is -0.452 e. The number of fused-ring (bicyclic) bond motifs is 2. The quantitative estimate of drug-likeness (QED) is 0.333. The normalized spacial score (nSPS) is 12.9. The van der Waals surface area contributed by atoms with Crippen LogP contribution in [0.25, 0.3) is 21.9 Å². The highest BCUT2D eigenvalue weighted by Crippen LogP contribution is 2.39. The number of ether oxygens (including phenoxy) is 2. The lowest BCUT2D eigenvalue weighted by Crippen LogP contribution is -2.18. The van der Waals surface area contributed by atoms with Crippen molar-refractivity contribution in [3.05, 3.63) is 127 Å². The van der Waals surface area contributed by atoms with Crippen LogP contribution in [0.1, 0.15) is 0 Å². The Labute approximate surface area is 187 Å². The summed E-state index contributed by atoms with van der Waals surface area (Å²) in [6, 6.07) is 30.9. The first-order chi connectivity index (χ1) is 15.8. The van der Waals surface area contributed by atoms with Gasteiger partial charge in [0.2, 0.25) is 0 Å². The van der Waals surface area contributed by atoms with Crippen LogP contribution in [0.5, 0.6) is 11.5 Å². The number of benzene rings is 4. The van der Waals surface area contributed by atoms with Crippen molar-refractivity contribution in [1.82, 2.24) is 0 Å². The largest absolute Gasteiger partial charge is 0.452 e. The molecule has 0 aromatic heterocycles. The van der Waals surface area contributed by atoms with Gasteiger partial charge in [-0.25, -0.2) is 0 Å². The number of hydrogen-bond acceptors (Lipinski definition) is 3. The van der Waals surface area contributed by atoms with Gasteiger partial charge in [0.15, 0.2) is 23.0 Å². The fourth-order valence-electron chi connectivity index (χ4n) is 3.72. The Morgan fingerprint density at radius 2 is 1.34 bits per heavy atom. The van der Waals surface area contributed by atoms with Crippen LogP contribution < -0.4 is 14.8 Å². The Kier molecular flexibility index (Phi) is 5.46. The van der Waals surface area contributed by atoms with E-state index in [-0.39, 0.29) is 0 Å². The summed E-state index contributed by atoms with van der Waals surface area (Å²) in [7, 11) is 0. The number of hydrogen-bond donors (Lipinski definition) is 1. The van der Waals surface area contributed by atoms with Gasteiger partial charge in [-0.3, -0.25) is 0 Å². The van der Waals surface area contributed by atoms with Gasteiger partial charge in [0.25, 0.3) is 0 Å². The van der Waals surface area contributed by atoms with Crippen molar-refractivity contribution in [1.29, 1.82) is 0 Å². The van der Waals surface area contributed by atoms with Crippen LogP contribution in [0.2, 0.25) is 0 Å². The zero-order valence-electron chi connectivity index (χ0n) is 17.6. The second-order valence-electron chi connectivity index (χ2n) is 7.53. The molecule has 0 aliphatic carbocycles. The Balaban J connectivity index is 1.37. The Morgan fingerprint density at radius 3 is 2.03 bits per heavy atom. The molecule has 1 aliphatic rings. The van der Waals surface area contributed by atoms with Gasteiger partial charge in [-0.2, -0.15) is 0 Å². The van der Waals surface area contributed by atoms with E-state index in [0.717, 1.165) is 28.0 Å². The number of rotatable bonds is 6. The summed E-state index contributed by atoms with van der Waals surface area (Å²) in [6.07, 6.45) is 5.44. The first-order valence-electron chi connectivity index (χ1n) is 10.6. The molecule has 0 bridgehead atoms. The molecule has 5 rings (SSSR count). The molecule has 1 aliphatic heterocycles. The molecule has 1 heterocycles. The molecule has 0 saturated heterocycles. The minimum absolute atomic E-state index is 0.494. The van der Waals surface area contributed by atoms with Gasteiger partial charge < -0.3 is 14.8 Å². The Hall–Kier alpha value is -4.24. The van der Waals surface area contributed by atoms with E-state index in [1.54, 1.807) is 6.08 Å². The Morgan fingerprint density at radius 1 is 0.719 bits per heavy atom. The lowest BCUT2D eigenvalue weighted by molar-refractivity contribution is 0.304. The van der Waals surface area contributed by atoms with Crippen LogP contribution >= 0.6 is 0 Å². The van der Waals surface area contributed by atoms with E-state index in [1.807, 2.05) is 54.6 Å². The lowest BCUT2D eigenvalue weighted by Gasteiger charge is -2.23. The number of nitrogens with one attached hydrogen (secondary N) is 1. The molecule has 0 radical (unpaired) electrons. The molecule has 0 fully saturated rings. The van der Waals surface area contributed by atoms with Crippen LogP contribution in [0.4, 0.5) is 5.69 Å². The van der Waals surface area contributed by atoms with E-state index in [9.17, 15) is 0 Å². The van der Waals surface area contributed by atoms with Crippen molar-refractivity contribution in [3.8, 4) is 22.6 Å². The molecule has 156 valence electrons. The molecular formula is C29H23NO2. The Bertz CT molecular complexity index is 1320. The first kappa shape index (κ1) is 19.7. The van der Waals surface area contributed by atoms with Gasteiger partial charge >= 0.3 is 0 Å². The average Bonchev–Trinajstić information content (AvgIpc) is 2.85. The molecule has 0 amide bonds. The third-order valence-corrected chi connectivity index (χ3v) is 5.37. The summed E-state index contributed by atoms with van der Waals surface area (Å²) < 4.78 is 12.5. The van der Waals surface area contributed by atoms with E-state index in [2.05, 4.69) is 60.4 Å². The first-order valence-corrected chi connectivity index (χ1v) is 10.6. The molecule has 0 saturated carbocycles. The molecular weight excluding hydrogens is 394 g/mol.